The SMILES string of the molecule is CCCOC1CCCN(CCC(NC(C)C)C(N)=O)C1. The van der Waals surface area contributed by atoms with Gasteiger partial charge in [0, 0.05) is 25.7 Å². The third-order valence-electron chi connectivity index (χ3n) is 3.63. The molecule has 1 aliphatic rings. The molecule has 1 amide bonds. The van der Waals surface area contributed by atoms with Crippen LogP contribution in [0.5, 0.6) is 0 Å². The first-order valence-corrected chi connectivity index (χ1v) is 7.92. The molecule has 118 valence electrons. The van der Waals surface area contributed by atoms with Crippen molar-refractivity contribution in [1.82, 2.24) is 10.2 Å². The molecule has 2 unspecified atom stereocenters. The van der Waals surface area contributed by atoms with Crippen molar-refractivity contribution in [2.75, 3.05) is 26.2 Å². The van der Waals surface area contributed by atoms with E-state index in [1.54, 1.807) is 0 Å². The third-order valence-corrected chi connectivity index (χ3v) is 3.63. The second-order valence-corrected chi connectivity index (χ2v) is 6.00. The number of ether oxygens (including phenoxy) is 1. The molecular weight excluding hydrogens is 254 g/mol. The van der Waals surface area contributed by atoms with Gasteiger partial charge in [-0.15, -0.1) is 0 Å². The van der Waals surface area contributed by atoms with Gasteiger partial charge >= 0.3 is 0 Å². The summed E-state index contributed by atoms with van der Waals surface area (Å²) in [6, 6.07) is 0.0430. The van der Waals surface area contributed by atoms with E-state index in [1.807, 2.05) is 13.8 Å². The zero-order valence-corrected chi connectivity index (χ0v) is 13.2. The smallest absolute Gasteiger partial charge is 0.234 e. The zero-order valence-electron chi connectivity index (χ0n) is 13.2. The maximum absolute atomic E-state index is 11.4. The number of likely N-dealkylation sites (tertiary alicyclic amines) is 1. The Bertz CT molecular complexity index is 284. The second-order valence-electron chi connectivity index (χ2n) is 6.00. The van der Waals surface area contributed by atoms with E-state index < -0.39 is 0 Å². The quantitative estimate of drug-likeness (QED) is 0.666. The summed E-state index contributed by atoms with van der Waals surface area (Å²) < 4.78 is 5.83. The van der Waals surface area contributed by atoms with E-state index in [0.717, 1.165) is 45.5 Å². The minimum Gasteiger partial charge on any atom is -0.377 e. The van der Waals surface area contributed by atoms with Gasteiger partial charge in [-0.25, -0.2) is 0 Å². The Morgan fingerprint density at radius 2 is 2.25 bits per heavy atom. The summed E-state index contributed by atoms with van der Waals surface area (Å²) in [4.78, 5) is 13.8. The average Bonchev–Trinajstić information content (AvgIpc) is 2.41. The van der Waals surface area contributed by atoms with Gasteiger partial charge in [0.25, 0.3) is 0 Å². The highest BCUT2D eigenvalue weighted by Gasteiger charge is 2.22. The van der Waals surface area contributed by atoms with Crippen LogP contribution in [0.1, 0.15) is 46.5 Å². The number of amides is 1. The van der Waals surface area contributed by atoms with E-state index in [1.165, 1.54) is 6.42 Å². The number of carbonyl (C=O) groups is 1. The summed E-state index contributed by atoms with van der Waals surface area (Å²) >= 11 is 0. The predicted molar refractivity (Wildman–Crippen MR) is 81.6 cm³/mol. The van der Waals surface area contributed by atoms with Gasteiger partial charge in [-0.05, 0) is 32.2 Å². The number of nitrogens with zero attached hydrogens (tertiary/aromatic N) is 1. The number of nitrogens with two attached hydrogens (primary N) is 1. The molecule has 5 nitrogen and oxygen atoms in total. The van der Waals surface area contributed by atoms with Crippen LogP contribution in [0.4, 0.5) is 0 Å². The van der Waals surface area contributed by atoms with Crippen LogP contribution in [-0.2, 0) is 9.53 Å². The molecule has 3 N–H and O–H groups in total. The van der Waals surface area contributed by atoms with Crippen LogP contribution >= 0.6 is 0 Å². The van der Waals surface area contributed by atoms with Crippen molar-refractivity contribution in [3.63, 3.8) is 0 Å². The molecule has 0 spiro atoms. The monoisotopic (exact) mass is 285 g/mol. The normalized spacial score (nSPS) is 22.1. The van der Waals surface area contributed by atoms with E-state index in [2.05, 4.69) is 17.1 Å². The Hall–Kier alpha value is -0.650. The van der Waals surface area contributed by atoms with Crippen LogP contribution in [0, 0.1) is 0 Å². The van der Waals surface area contributed by atoms with Gasteiger partial charge in [-0.1, -0.05) is 20.8 Å². The summed E-state index contributed by atoms with van der Waals surface area (Å²) in [6.45, 7) is 10.0. The fourth-order valence-electron chi connectivity index (χ4n) is 2.66. The summed E-state index contributed by atoms with van der Waals surface area (Å²) in [7, 11) is 0. The predicted octanol–water partition coefficient (Wildman–Crippen LogP) is 1.12. The van der Waals surface area contributed by atoms with Crippen molar-refractivity contribution in [2.24, 2.45) is 5.73 Å². The van der Waals surface area contributed by atoms with Gasteiger partial charge in [0.15, 0.2) is 0 Å². The third kappa shape index (κ3) is 6.68. The molecule has 0 aromatic heterocycles. The molecule has 0 aromatic rings. The topological polar surface area (TPSA) is 67.6 Å². The molecule has 2 atom stereocenters. The molecule has 0 radical (unpaired) electrons. The summed E-state index contributed by atoms with van der Waals surface area (Å²) in [5.74, 6) is -0.255. The molecular formula is C15H31N3O2. The fraction of sp³-hybridized carbons (Fsp3) is 0.933. The largest absolute Gasteiger partial charge is 0.377 e. The Morgan fingerprint density at radius 1 is 1.50 bits per heavy atom. The maximum Gasteiger partial charge on any atom is 0.234 e. The van der Waals surface area contributed by atoms with Crippen molar-refractivity contribution in [3.05, 3.63) is 0 Å². The van der Waals surface area contributed by atoms with Crippen LogP contribution in [0.25, 0.3) is 0 Å². The number of hydrogen-bond acceptors (Lipinski definition) is 4. The van der Waals surface area contributed by atoms with E-state index >= 15 is 0 Å². The second kappa shape index (κ2) is 9.32. The van der Waals surface area contributed by atoms with Gasteiger partial charge in [0.05, 0.1) is 12.1 Å². The number of piperidine rings is 1. The Morgan fingerprint density at radius 3 is 2.85 bits per heavy atom. The van der Waals surface area contributed by atoms with E-state index in [9.17, 15) is 4.79 Å². The number of rotatable bonds is 9. The molecule has 0 saturated carbocycles. The summed E-state index contributed by atoms with van der Waals surface area (Å²) in [5, 5.41) is 3.23. The van der Waals surface area contributed by atoms with Crippen LogP contribution in [0.15, 0.2) is 0 Å². The molecule has 1 saturated heterocycles. The van der Waals surface area contributed by atoms with Crippen LogP contribution in [-0.4, -0.2) is 55.2 Å². The first-order valence-electron chi connectivity index (χ1n) is 7.92. The van der Waals surface area contributed by atoms with Gasteiger partial charge in [-0.2, -0.15) is 0 Å². The highest BCUT2D eigenvalue weighted by molar-refractivity contribution is 5.79. The van der Waals surface area contributed by atoms with Crippen LogP contribution in [0.2, 0.25) is 0 Å². The molecule has 0 bridgehead atoms. The van der Waals surface area contributed by atoms with Crippen molar-refractivity contribution in [2.45, 2.75) is 64.6 Å². The van der Waals surface area contributed by atoms with E-state index in [-0.39, 0.29) is 18.0 Å². The molecule has 20 heavy (non-hydrogen) atoms. The summed E-state index contributed by atoms with van der Waals surface area (Å²) in [5.41, 5.74) is 5.45. The highest BCUT2D eigenvalue weighted by Crippen LogP contribution is 2.14. The van der Waals surface area contributed by atoms with Crippen LogP contribution < -0.4 is 11.1 Å². The van der Waals surface area contributed by atoms with Gasteiger partial charge in [-0.3, -0.25) is 4.79 Å². The van der Waals surface area contributed by atoms with Gasteiger partial charge in [0.2, 0.25) is 5.91 Å². The Labute approximate surface area is 123 Å². The van der Waals surface area contributed by atoms with E-state index in [0.29, 0.717) is 6.10 Å². The molecule has 1 rings (SSSR count). The van der Waals surface area contributed by atoms with Gasteiger partial charge < -0.3 is 20.7 Å². The first-order chi connectivity index (χ1) is 9.52. The lowest BCUT2D eigenvalue weighted by Gasteiger charge is -2.33. The highest BCUT2D eigenvalue weighted by atomic mass is 16.5. The zero-order chi connectivity index (χ0) is 15.0. The molecule has 0 aromatic carbocycles. The van der Waals surface area contributed by atoms with Crippen molar-refractivity contribution >= 4 is 5.91 Å². The van der Waals surface area contributed by atoms with Crippen molar-refractivity contribution in [3.8, 4) is 0 Å². The first kappa shape index (κ1) is 17.4. The molecule has 1 aliphatic heterocycles. The van der Waals surface area contributed by atoms with Gasteiger partial charge in [0.1, 0.15) is 0 Å². The van der Waals surface area contributed by atoms with E-state index in [4.69, 9.17) is 10.5 Å². The van der Waals surface area contributed by atoms with Crippen LogP contribution in [0.3, 0.4) is 0 Å². The Balaban J connectivity index is 2.33. The molecule has 1 fully saturated rings. The number of nitrogens with one attached hydrogen (secondary N) is 1. The lowest BCUT2D eigenvalue weighted by molar-refractivity contribution is -0.120. The molecule has 0 aliphatic carbocycles. The minimum absolute atomic E-state index is 0.230. The number of carbonyl (C=O) groups excluding carboxylic acids is 1. The summed E-state index contributed by atoms with van der Waals surface area (Å²) in [6.07, 6.45) is 4.52. The lowest BCUT2D eigenvalue weighted by Crippen LogP contribution is -2.48. The molecule has 5 heteroatoms. The standard InChI is InChI=1S/C15H31N3O2/c1-4-10-20-13-6-5-8-18(11-13)9-7-14(15(16)19)17-12(2)3/h12-14,17H,4-11H2,1-3H3,(H2,16,19). The molecule has 1 heterocycles. The van der Waals surface area contributed by atoms with Crippen molar-refractivity contribution < 1.29 is 9.53 Å². The maximum atomic E-state index is 11.4. The minimum atomic E-state index is -0.255. The fourth-order valence-corrected chi connectivity index (χ4v) is 2.66. The lowest BCUT2D eigenvalue weighted by atomic mass is 10.1. The average molecular weight is 285 g/mol. The van der Waals surface area contributed by atoms with Crippen molar-refractivity contribution in [1.29, 1.82) is 0 Å². The number of primary amides is 1. The number of hydrogen-bond donors (Lipinski definition) is 2. The Kier molecular flexibility index (Phi) is 8.11.